The van der Waals surface area contributed by atoms with E-state index in [9.17, 15) is 24.3 Å². The topological polar surface area (TPSA) is 176 Å². The molecule has 4 aromatic rings. The van der Waals surface area contributed by atoms with Crippen LogP contribution in [-0.4, -0.2) is 58.5 Å². The molecule has 5 rings (SSSR count). The Morgan fingerprint density at radius 2 is 1.81 bits per heavy atom. The predicted octanol–water partition coefficient (Wildman–Crippen LogP) is 2.40. The second-order valence-electron chi connectivity index (χ2n) is 10.5. The largest absolute Gasteiger partial charge is 0.451 e. The van der Waals surface area contributed by atoms with Crippen molar-refractivity contribution in [1.29, 1.82) is 0 Å². The Morgan fingerprint density at radius 3 is 2.58 bits per heavy atom. The summed E-state index contributed by atoms with van der Waals surface area (Å²) < 4.78 is 11.3. The Balaban J connectivity index is 1.43. The van der Waals surface area contributed by atoms with Crippen molar-refractivity contribution in [1.82, 2.24) is 26.3 Å². The summed E-state index contributed by atoms with van der Waals surface area (Å²) >= 11 is 0. The van der Waals surface area contributed by atoms with Crippen LogP contribution in [0.5, 0.6) is 0 Å². The number of carbonyl (C=O) groups excluding carboxylic acids is 4. The van der Waals surface area contributed by atoms with Crippen LogP contribution in [0.4, 0.5) is 0 Å². The number of para-hydroxylation sites is 1. The van der Waals surface area contributed by atoms with Gasteiger partial charge in [-0.1, -0.05) is 48.5 Å². The van der Waals surface area contributed by atoms with Crippen LogP contribution < -0.4 is 21.3 Å². The van der Waals surface area contributed by atoms with E-state index in [0.717, 1.165) is 17.2 Å². The normalized spacial score (nSPS) is 21.0. The predicted molar refractivity (Wildman–Crippen MR) is 155 cm³/mol. The summed E-state index contributed by atoms with van der Waals surface area (Å²) in [7, 11) is 0. The monoisotopic (exact) mass is 587 g/mol. The number of nitrogens with one attached hydrogen (secondary N) is 4. The maximum absolute atomic E-state index is 13.7. The fraction of sp³-hybridized carbons (Fsp3) is 0.323. The van der Waals surface area contributed by atoms with Gasteiger partial charge >= 0.3 is 0 Å². The van der Waals surface area contributed by atoms with Gasteiger partial charge in [-0.15, -0.1) is 0 Å². The first-order valence-electron chi connectivity index (χ1n) is 14.1. The molecule has 224 valence electrons. The smallest absolute Gasteiger partial charge is 0.287 e. The van der Waals surface area contributed by atoms with E-state index in [1.165, 1.54) is 6.92 Å². The zero-order valence-corrected chi connectivity index (χ0v) is 23.5. The summed E-state index contributed by atoms with van der Waals surface area (Å²) in [5.74, 6) is -2.16. The zero-order valence-electron chi connectivity index (χ0n) is 23.5. The van der Waals surface area contributed by atoms with E-state index in [2.05, 4.69) is 26.3 Å². The molecule has 1 aliphatic heterocycles. The van der Waals surface area contributed by atoms with Gasteiger partial charge in [-0.2, -0.15) is 0 Å². The Kier molecular flexibility index (Phi) is 9.16. The third kappa shape index (κ3) is 7.28. The Bertz CT molecular complexity index is 1560. The van der Waals surface area contributed by atoms with Crippen LogP contribution >= 0.6 is 0 Å². The first kappa shape index (κ1) is 29.5. The molecule has 43 heavy (non-hydrogen) atoms. The average molecular weight is 588 g/mol. The summed E-state index contributed by atoms with van der Waals surface area (Å²) in [6.45, 7) is 1.63. The lowest BCUT2D eigenvalue weighted by Gasteiger charge is -2.23. The van der Waals surface area contributed by atoms with Crippen molar-refractivity contribution in [3.05, 3.63) is 89.8 Å². The fourth-order valence-corrected chi connectivity index (χ4v) is 4.88. The van der Waals surface area contributed by atoms with Gasteiger partial charge in [-0.05, 0) is 43.9 Å². The summed E-state index contributed by atoms with van der Waals surface area (Å²) in [5.41, 5.74) is 1.30. The third-order valence-corrected chi connectivity index (χ3v) is 7.19. The van der Waals surface area contributed by atoms with Crippen LogP contribution in [0.3, 0.4) is 0 Å². The molecule has 0 saturated carbocycles. The van der Waals surface area contributed by atoms with Crippen LogP contribution in [0.2, 0.25) is 0 Å². The van der Waals surface area contributed by atoms with Crippen molar-refractivity contribution < 1.29 is 33.1 Å². The van der Waals surface area contributed by atoms with Crippen LogP contribution in [0.15, 0.2) is 75.8 Å². The van der Waals surface area contributed by atoms with Crippen molar-refractivity contribution >= 4 is 34.6 Å². The van der Waals surface area contributed by atoms with Gasteiger partial charge in [-0.25, -0.2) is 4.98 Å². The first-order valence-corrected chi connectivity index (χ1v) is 14.1. The molecule has 12 nitrogen and oxygen atoms in total. The maximum atomic E-state index is 13.7. The molecule has 0 spiro atoms. The van der Waals surface area contributed by atoms with Crippen LogP contribution in [0.25, 0.3) is 11.0 Å². The first-order chi connectivity index (χ1) is 20.8. The van der Waals surface area contributed by atoms with Crippen LogP contribution in [0.1, 0.15) is 64.7 Å². The highest BCUT2D eigenvalue weighted by molar-refractivity contribution is 5.99. The second-order valence-corrected chi connectivity index (χ2v) is 10.5. The van der Waals surface area contributed by atoms with E-state index >= 15 is 0 Å². The van der Waals surface area contributed by atoms with E-state index in [-0.39, 0.29) is 36.7 Å². The van der Waals surface area contributed by atoms with Crippen molar-refractivity contribution in [2.45, 2.75) is 56.8 Å². The van der Waals surface area contributed by atoms with Gasteiger partial charge in [0.1, 0.15) is 30.0 Å². The van der Waals surface area contributed by atoms with Gasteiger partial charge in [0.05, 0.1) is 6.10 Å². The summed E-state index contributed by atoms with van der Waals surface area (Å²) in [5, 5.41) is 21.9. The Labute approximate surface area is 247 Å². The van der Waals surface area contributed by atoms with Crippen molar-refractivity contribution in [2.24, 2.45) is 0 Å². The number of benzene rings is 2. The molecule has 0 aliphatic carbocycles. The van der Waals surface area contributed by atoms with Gasteiger partial charge in [0, 0.05) is 18.4 Å². The van der Waals surface area contributed by atoms with Crippen molar-refractivity contribution in [3.8, 4) is 0 Å². The molecule has 0 radical (unpaired) electrons. The number of aliphatic hydroxyl groups is 1. The highest BCUT2D eigenvalue weighted by Crippen LogP contribution is 2.21. The maximum Gasteiger partial charge on any atom is 0.287 e. The minimum absolute atomic E-state index is 0.0647. The number of aromatic nitrogens is 1. The SMILES string of the molecule is C[C@@H](O)[C@@H]1NC(=O)c2coc(n2)[C@H](Cc2ccccc2)NC(=O)[C@@H](NC(=O)c2cc3ccccc3o2)CCCCNC1=O. The number of hydrogen-bond acceptors (Lipinski definition) is 8. The highest BCUT2D eigenvalue weighted by atomic mass is 16.3. The molecule has 4 atom stereocenters. The number of carbonyl (C=O) groups is 4. The van der Waals surface area contributed by atoms with Gasteiger partial charge in [-0.3, -0.25) is 19.2 Å². The van der Waals surface area contributed by atoms with E-state index in [1.807, 2.05) is 42.5 Å². The number of amides is 4. The minimum atomic E-state index is -1.21. The van der Waals surface area contributed by atoms with Crippen molar-refractivity contribution in [2.75, 3.05) is 6.54 Å². The molecule has 1 aliphatic rings. The van der Waals surface area contributed by atoms with Gasteiger partial charge < -0.3 is 35.2 Å². The number of hydrogen-bond donors (Lipinski definition) is 5. The van der Waals surface area contributed by atoms with Gasteiger partial charge in [0.15, 0.2) is 11.5 Å². The number of oxazole rings is 1. The Hall–Kier alpha value is -4.97. The number of rotatable bonds is 5. The average Bonchev–Trinajstić information content (AvgIpc) is 3.66. The lowest BCUT2D eigenvalue weighted by atomic mass is 10.0. The van der Waals surface area contributed by atoms with Gasteiger partial charge in [0.25, 0.3) is 11.8 Å². The van der Waals surface area contributed by atoms with E-state index in [4.69, 9.17) is 8.83 Å². The molecule has 12 heteroatoms. The molecule has 5 N–H and O–H groups in total. The molecule has 2 aromatic heterocycles. The highest BCUT2D eigenvalue weighted by Gasteiger charge is 2.31. The number of nitrogens with zero attached hydrogens (tertiary/aromatic N) is 1. The molecular weight excluding hydrogens is 554 g/mol. The molecule has 2 bridgehead atoms. The summed E-state index contributed by atoms with van der Waals surface area (Å²) in [6.07, 6.45) is 1.46. The molecule has 0 unspecified atom stereocenters. The molecule has 4 amide bonds. The van der Waals surface area contributed by atoms with Crippen LogP contribution in [-0.2, 0) is 16.0 Å². The van der Waals surface area contributed by atoms with E-state index in [1.54, 1.807) is 18.2 Å². The summed E-state index contributed by atoms with van der Waals surface area (Å²) in [4.78, 5) is 56.9. The van der Waals surface area contributed by atoms with Gasteiger partial charge in [0.2, 0.25) is 17.7 Å². The fourth-order valence-electron chi connectivity index (χ4n) is 4.88. The number of furan rings is 1. The van der Waals surface area contributed by atoms with Crippen LogP contribution in [0, 0.1) is 0 Å². The quantitative estimate of drug-likeness (QED) is 0.236. The molecule has 0 saturated heterocycles. The number of aliphatic hydroxyl groups excluding tert-OH is 1. The summed E-state index contributed by atoms with van der Waals surface area (Å²) in [6, 6.07) is 15.2. The number of fused-ring (bicyclic) bond motifs is 3. The molecular formula is C31H33N5O7. The second kappa shape index (κ2) is 13.3. The molecule has 0 fully saturated rings. The molecule has 2 aromatic carbocycles. The lowest BCUT2D eigenvalue weighted by Crippen LogP contribution is -2.52. The Morgan fingerprint density at radius 1 is 1.05 bits per heavy atom. The standard InChI is InChI=1S/C31H33N5O7/c1-18(37)26-30(41)32-14-8-7-12-21(33-29(40)25-16-20-11-5-6-13-24(20)43-25)27(38)34-22(15-19-9-3-2-4-10-19)31-35-23(17-42-31)28(39)36-26/h2-6,9-11,13,16-18,21-22,26,37H,7-8,12,14-15H2,1H3,(H,32,41)(H,33,40)(H,34,38)(H,36,39)/t18-,21+,22+,26+/m1/s1. The lowest BCUT2D eigenvalue weighted by molar-refractivity contribution is -0.125. The minimum Gasteiger partial charge on any atom is -0.451 e. The van der Waals surface area contributed by atoms with E-state index in [0.29, 0.717) is 18.4 Å². The zero-order chi connectivity index (χ0) is 30.3. The van der Waals surface area contributed by atoms with Crippen molar-refractivity contribution in [3.63, 3.8) is 0 Å². The van der Waals surface area contributed by atoms with E-state index < -0.39 is 47.9 Å². The molecule has 3 heterocycles. The third-order valence-electron chi connectivity index (χ3n) is 7.19.